The molecule has 0 fully saturated rings. The zero-order valence-electron chi connectivity index (χ0n) is 11.6. The summed E-state index contributed by atoms with van der Waals surface area (Å²) in [5.41, 5.74) is 1.50. The number of methoxy groups -OCH3 is 1. The molecule has 0 saturated carbocycles. The number of thiophene rings is 1. The molecule has 0 radical (unpaired) electrons. The highest BCUT2D eigenvalue weighted by molar-refractivity contribution is 7.10. The van der Waals surface area contributed by atoms with Crippen LogP contribution in [0.15, 0.2) is 29.6 Å². The van der Waals surface area contributed by atoms with Crippen molar-refractivity contribution in [1.29, 1.82) is 5.26 Å². The monoisotopic (exact) mass is 322 g/mol. The summed E-state index contributed by atoms with van der Waals surface area (Å²) in [4.78, 5) is 1.08. The summed E-state index contributed by atoms with van der Waals surface area (Å²) in [6.45, 7) is 1.56. The van der Waals surface area contributed by atoms with Gasteiger partial charge in [0.25, 0.3) is 0 Å². The number of rotatable bonds is 7. The van der Waals surface area contributed by atoms with Crippen LogP contribution in [0.4, 0.5) is 5.69 Å². The Hall–Kier alpha value is -1.74. The third-order valence-electron chi connectivity index (χ3n) is 2.74. The van der Waals surface area contributed by atoms with Gasteiger partial charge in [-0.3, -0.25) is 0 Å². The first kappa shape index (κ1) is 15.6. The molecular formula is C15H15ClN2O2S. The van der Waals surface area contributed by atoms with Gasteiger partial charge in [-0.2, -0.15) is 5.26 Å². The van der Waals surface area contributed by atoms with Gasteiger partial charge in [-0.25, -0.2) is 0 Å². The number of hydrogen-bond donors (Lipinski definition) is 1. The molecule has 0 unspecified atom stereocenters. The second-order valence-electron chi connectivity index (χ2n) is 4.22. The van der Waals surface area contributed by atoms with E-state index in [-0.39, 0.29) is 0 Å². The maximum Gasteiger partial charge on any atom is 0.161 e. The lowest BCUT2D eigenvalue weighted by Gasteiger charge is -2.14. The van der Waals surface area contributed by atoms with Crippen LogP contribution in [0.5, 0.6) is 5.75 Å². The van der Waals surface area contributed by atoms with E-state index in [9.17, 15) is 0 Å². The van der Waals surface area contributed by atoms with E-state index in [1.165, 1.54) is 0 Å². The van der Waals surface area contributed by atoms with Gasteiger partial charge in [0.2, 0.25) is 0 Å². The topological polar surface area (TPSA) is 54.3 Å². The predicted molar refractivity (Wildman–Crippen MR) is 85.2 cm³/mol. The van der Waals surface area contributed by atoms with Gasteiger partial charge >= 0.3 is 0 Å². The molecule has 2 aromatic rings. The van der Waals surface area contributed by atoms with Crippen molar-refractivity contribution in [2.45, 2.75) is 6.54 Å². The van der Waals surface area contributed by atoms with Crippen LogP contribution in [-0.2, 0) is 11.3 Å². The second-order valence-corrected chi connectivity index (χ2v) is 5.63. The summed E-state index contributed by atoms with van der Waals surface area (Å²) >= 11 is 7.72. The zero-order chi connectivity index (χ0) is 15.1. The van der Waals surface area contributed by atoms with Gasteiger partial charge in [-0.05, 0) is 18.2 Å². The van der Waals surface area contributed by atoms with Crippen molar-refractivity contribution >= 4 is 28.6 Å². The van der Waals surface area contributed by atoms with Crippen molar-refractivity contribution in [2.24, 2.45) is 0 Å². The Kier molecular flexibility index (Phi) is 5.88. The molecule has 21 heavy (non-hydrogen) atoms. The van der Waals surface area contributed by atoms with Crippen LogP contribution in [0.3, 0.4) is 0 Å². The van der Waals surface area contributed by atoms with Crippen molar-refractivity contribution in [3.05, 3.63) is 45.1 Å². The zero-order valence-corrected chi connectivity index (χ0v) is 13.1. The number of nitrogens with one attached hydrogen (secondary N) is 1. The molecule has 0 saturated heterocycles. The molecule has 0 aliphatic carbocycles. The quantitative estimate of drug-likeness (QED) is 0.785. The maximum atomic E-state index is 8.82. The Morgan fingerprint density at radius 3 is 2.95 bits per heavy atom. The Bertz CT molecular complexity index is 637. The van der Waals surface area contributed by atoms with E-state index in [0.29, 0.717) is 36.1 Å². The first-order valence-electron chi connectivity index (χ1n) is 6.36. The van der Waals surface area contributed by atoms with Crippen molar-refractivity contribution in [3.63, 3.8) is 0 Å². The van der Waals surface area contributed by atoms with Crippen molar-refractivity contribution in [2.75, 3.05) is 25.6 Å². The number of benzene rings is 1. The molecule has 0 spiro atoms. The molecule has 6 heteroatoms. The first-order chi connectivity index (χ1) is 10.2. The van der Waals surface area contributed by atoms with Crippen LogP contribution >= 0.6 is 22.9 Å². The van der Waals surface area contributed by atoms with E-state index in [1.807, 2.05) is 23.6 Å². The molecule has 0 aliphatic rings. The SMILES string of the molecule is COCCOc1c(Cl)cccc1NCc1cc(C#N)cs1. The number of nitriles is 1. The molecule has 0 aliphatic heterocycles. The van der Waals surface area contributed by atoms with E-state index in [0.717, 1.165) is 10.6 Å². The minimum absolute atomic E-state index is 0.437. The second kappa shape index (κ2) is 7.89. The largest absolute Gasteiger partial charge is 0.487 e. The summed E-state index contributed by atoms with van der Waals surface area (Å²) in [6, 6.07) is 9.55. The van der Waals surface area contributed by atoms with Crippen LogP contribution in [0, 0.1) is 11.3 Å². The molecule has 2 rings (SSSR count). The van der Waals surface area contributed by atoms with E-state index in [1.54, 1.807) is 24.5 Å². The van der Waals surface area contributed by atoms with Crippen LogP contribution in [0.2, 0.25) is 5.02 Å². The summed E-state index contributed by atoms with van der Waals surface area (Å²) in [5, 5.41) is 14.5. The third-order valence-corrected chi connectivity index (χ3v) is 3.97. The molecule has 110 valence electrons. The molecule has 1 heterocycles. The van der Waals surface area contributed by atoms with E-state index in [2.05, 4.69) is 11.4 Å². The fourth-order valence-corrected chi connectivity index (χ4v) is 2.71. The average molecular weight is 323 g/mol. The van der Waals surface area contributed by atoms with Gasteiger partial charge < -0.3 is 14.8 Å². The standard InChI is InChI=1S/C15H15ClN2O2S/c1-19-5-6-20-15-13(16)3-2-4-14(15)18-9-12-7-11(8-17)10-21-12/h2-4,7,10,18H,5-6,9H2,1H3. The van der Waals surface area contributed by atoms with Gasteiger partial charge in [0.1, 0.15) is 12.7 Å². The number of nitrogens with zero attached hydrogens (tertiary/aromatic N) is 1. The Morgan fingerprint density at radius 1 is 1.38 bits per heavy atom. The Labute approximate surface area is 132 Å². The van der Waals surface area contributed by atoms with E-state index >= 15 is 0 Å². The number of hydrogen-bond acceptors (Lipinski definition) is 5. The lowest BCUT2D eigenvalue weighted by atomic mass is 10.2. The highest BCUT2D eigenvalue weighted by Gasteiger charge is 2.09. The van der Waals surface area contributed by atoms with Gasteiger partial charge in [-0.1, -0.05) is 17.7 Å². The van der Waals surface area contributed by atoms with Crippen molar-refractivity contribution in [3.8, 4) is 11.8 Å². The smallest absolute Gasteiger partial charge is 0.161 e. The summed E-state index contributed by atoms with van der Waals surface area (Å²) in [5.74, 6) is 0.619. The summed E-state index contributed by atoms with van der Waals surface area (Å²) < 4.78 is 10.6. The lowest BCUT2D eigenvalue weighted by Crippen LogP contribution is -2.07. The van der Waals surface area contributed by atoms with Gasteiger partial charge in [0.05, 0.1) is 22.9 Å². The van der Waals surface area contributed by atoms with Gasteiger partial charge in [-0.15, -0.1) is 11.3 Å². The highest BCUT2D eigenvalue weighted by atomic mass is 35.5. The number of para-hydroxylation sites is 1. The Balaban J connectivity index is 2.04. The van der Waals surface area contributed by atoms with Gasteiger partial charge in [0, 0.05) is 23.9 Å². The minimum atomic E-state index is 0.437. The normalized spacial score (nSPS) is 10.1. The summed E-state index contributed by atoms with van der Waals surface area (Å²) in [6.07, 6.45) is 0. The fraction of sp³-hybridized carbons (Fsp3) is 0.267. The molecule has 1 aromatic heterocycles. The molecule has 1 aromatic carbocycles. The minimum Gasteiger partial charge on any atom is -0.487 e. The molecule has 0 atom stereocenters. The van der Waals surface area contributed by atoms with Crippen molar-refractivity contribution in [1.82, 2.24) is 0 Å². The highest BCUT2D eigenvalue weighted by Crippen LogP contribution is 2.33. The average Bonchev–Trinajstić information content (AvgIpc) is 2.95. The van der Waals surface area contributed by atoms with E-state index < -0.39 is 0 Å². The predicted octanol–water partition coefficient (Wildman–Crippen LogP) is 3.91. The molecule has 0 amide bonds. The maximum absolute atomic E-state index is 8.82. The fourth-order valence-electron chi connectivity index (χ4n) is 1.74. The lowest BCUT2D eigenvalue weighted by molar-refractivity contribution is 0.146. The third kappa shape index (κ3) is 4.36. The number of halogens is 1. The first-order valence-corrected chi connectivity index (χ1v) is 7.62. The van der Waals surface area contributed by atoms with E-state index in [4.69, 9.17) is 26.3 Å². The number of anilines is 1. The summed E-state index contributed by atoms with van der Waals surface area (Å²) in [7, 11) is 1.62. The van der Waals surface area contributed by atoms with Crippen molar-refractivity contribution < 1.29 is 9.47 Å². The van der Waals surface area contributed by atoms with Crippen LogP contribution in [0.25, 0.3) is 0 Å². The molecular weight excluding hydrogens is 308 g/mol. The Morgan fingerprint density at radius 2 is 2.24 bits per heavy atom. The molecule has 4 nitrogen and oxygen atoms in total. The van der Waals surface area contributed by atoms with Gasteiger partial charge in [0.15, 0.2) is 5.75 Å². The number of ether oxygens (including phenoxy) is 2. The molecule has 1 N–H and O–H groups in total. The van der Waals surface area contributed by atoms with Crippen LogP contribution < -0.4 is 10.1 Å². The molecule has 0 bridgehead atoms. The van der Waals surface area contributed by atoms with Crippen LogP contribution in [0.1, 0.15) is 10.4 Å². The van der Waals surface area contributed by atoms with Crippen LogP contribution in [-0.4, -0.2) is 20.3 Å².